The zero-order valence-corrected chi connectivity index (χ0v) is 8.30. The van der Waals surface area contributed by atoms with Crippen LogP contribution in [0, 0.1) is 11.8 Å². The normalized spacial score (nSPS) is 14.5. The molecule has 0 saturated heterocycles. The summed E-state index contributed by atoms with van der Waals surface area (Å²) in [7, 11) is 0. The molecule has 0 heterocycles. The highest BCUT2D eigenvalue weighted by Gasteiger charge is 2.13. The van der Waals surface area contributed by atoms with E-state index >= 15 is 0 Å². The first-order valence-corrected chi connectivity index (χ1v) is 4.79. The molecule has 1 unspecified atom stereocenters. The maximum absolute atomic E-state index is 9.56. The molecular formula is C10H22O. The van der Waals surface area contributed by atoms with Crippen LogP contribution in [0.15, 0.2) is 0 Å². The second-order valence-electron chi connectivity index (χ2n) is 3.73. The van der Waals surface area contributed by atoms with Crippen molar-refractivity contribution in [2.75, 3.05) is 0 Å². The van der Waals surface area contributed by atoms with E-state index in [2.05, 4.69) is 27.7 Å². The molecule has 0 aliphatic heterocycles. The molecule has 0 radical (unpaired) electrons. The van der Waals surface area contributed by atoms with E-state index in [9.17, 15) is 5.11 Å². The Balaban J connectivity index is 3.62. The Labute approximate surface area is 70.8 Å². The minimum absolute atomic E-state index is 0.0973. The van der Waals surface area contributed by atoms with Crippen molar-refractivity contribution in [2.45, 2.75) is 53.1 Å². The summed E-state index contributed by atoms with van der Waals surface area (Å²) in [5.41, 5.74) is 0. The van der Waals surface area contributed by atoms with Crippen LogP contribution in [-0.2, 0) is 0 Å². The summed E-state index contributed by atoms with van der Waals surface area (Å²) in [6.07, 6.45) is 3.27. The standard InChI is InChI=1S/C10H22O/c1-5-9(6-2)7-10(11)8(3)4/h8-11H,5-7H2,1-4H3. The maximum Gasteiger partial charge on any atom is 0.0565 e. The summed E-state index contributed by atoms with van der Waals surface area (Å²) in [5.74, 6) is 1.13. The lowest BCUT2D eigenvalue weighted by Crippen LogP contribution is -2.18. The first-order valence-electron chi connectivity index (χ1n) is 4.79. The van der Waals surface area contributed by atoms with Crippen LogP contribution in [0.1, 0.15) is 47.0 Å². The van der Waals surface area contributed by atoms with Gasteiger partial charge in [-0.15, -0.1) is 0 Å². The molecule has 0 aliphatic rings. The summed E-state index contributed by atoms with van der Waals surface area (Å²) < 4.78 is 0. The maximum atomic E-state index is 9.56. The number of aliphatic hydroxyl groups is 1. The average Bonchev–Trinajstić information content (AvgIpc) is 1.99. The number of aliphatic hydroxyl groups excluding tert-OH is 1. The average molecular weight is 158 g/mol. The number of hydrogen-bond donors (Lipinski definition) is 1. The minimum atomic E-state index is -0.0973. The van der Waals surface area contributed by atoms with Crippen molar-refractivity contribution in [3.8, 4) is 0 Å². The molecule has 0 aromatic heterocycles. The van der Waals surface area contributed by atoms with E-state index in [1.54, 1.807) is 0 Å². The van der Waals surface area contributed by atoms with E-state index in [1.807, 2.05) is 0 Å². The summed E-state index contributed by atoms with van der Waals surface area (Å²) in [4.78, 5) is 0. The number of hydrogen-bond acceptors (Lipinski definition) is 1. The third kappa shape index (κ3) is 4.41. The third-order valence-corrected chi connectivity index (χ3v) is 2.50. The predicted octanol–water partition coefficient (Wildman–Crippen LogP) is 2.83. The van der Waals surface area contributed by atoms with Crippen molar-refractivity contribution in [3.05, 3.63) is 0 Å². The third-order valence-electron chi connectivity index (χ3n) is 2.50. The van der Waals surface area contributed by atoms with Crippen LogP contribution in [0.4, 0.5) is 0 Å². The van der Waals surface area contributed by atoms with Gasteiger partial charge in [-0.25, -0.2) is 0 Å². The topological polar surface area (TPSA) is 20.2 Å². The zero-order valence-electron chi connectivity index (χ0n) is 8.30. The van der Waals surface area contributed by atoms with Crippen molar-refractivity contribution in [1.82, 2.24) is 0 Å². The van der Waals surface area contributed by atoms with Crippen molar-refractivity contribution in [3.63, 3.8) is 0 Å². The lowest BCUT2D eigenvalue weighted by Gasteiger charge is -2.19. The van der Waals surface area contributed by atoms with Gasteiger partial charge in [0.15, 0.2) is 0 Å². The highest BCUT2D eigenvalue weighted by molar-refractivity contribution is 4.65. The highest BCUT2D eigenvalue weighted by atomic mass is 16.3. The van der Waals surface area contributed by atoms with Crippen molar-refractivity contribution >= 4 is 0 Å². The molecule has 0 rings (SSSR count). The minimum Gasteiger partial charge on any atom is -0.393 e. The molecule has 1 atom stereocenters. The fourth-order valence-electron chi connectivity index (χ4n) is 1.24. The second kappa shape index (κ2) is 5.59. The summed E-state index contributed by atoms with van der Waals surface area (Å²) in [5, 5.41) is 9.56. The lowest BCUT2D eigenvalue weighted by atomic mass is 9.91. The molecule has 0 aromatic rings. The van der Waals surface area contributed by atoms with E-state index in [0.29, 0.717) is 11.8 Å². The van der Waals surface area contributed by atoms with Crippen molar-refractivity contribution in [1.29, 1.82) is 0 Å². The first-order chi connectivity index (χ1) is 5.11. The Hall–Kier alpha value is -0.0400. The second-order valence-corrected chi connectivity index (χ2v) is 3.73. The number of rotatable bonds is 5. The monoisotopic (exact) mass is 158 g/mol. The van der Waals surface area contributed by atoms with Crippen LogP contribution in [0.25, 0.3) is 0 Å². The van der Waals surface area contributed by atoms with Gasteiger partial charge in [-0.2, -0.15) is 0 Å². The zero-order chi connectivity index (χ0) is 8.85. The van der Waals surface area contributed by atoms with Gasteiger partial charge in [0, 0.05) is 0 Å². The van der Waals surface area contributed by atoms with Crippen LogP contribution < -0.4 is 0 Å². The molecule has 0 fully saturated rings. The van der Waals surface area contributed by atoms with Gasteiger partial charge in [-0.1, -0.05) is 40.5 Å². The van der Waals surface area contributed by atoms with Gasteiger partial charge in [0.25, 0.3) is 0 Å². The molecule has 0 aliphatic carbocycles. The van der Waals surface area contributed by atoms with E-state index in [1.165, 1.54) is 12.8 Å². The lowest BCUT2D eigenvalue weighted by molar-refractivity contribution is 0.0953. The van der Waals surface area contributed by atoms with E-state index < -0.39 is 0 Å². The van der Waals surface area contributed by atoms with Crippen LogP contribution >= 0.6 is 0 Å². The van der Waals surface area contributed by atoms with Gasteiger partial charge in [-0.05, 0) is 18.3 Å². The molecule has 0 bridgehead atoms. The Kier molecular flexibility index (Phi) is 5.57. The van der Waals surface area contributed by atoms with Gasteiger partial charge < -0.3 is 5.11 Å². The van der Waals surface area contributed by atoms with Gasteiger partial charge in [-0.3, -0.25) is 0 Å². The quantitative estimate of drug-likeness (QED) is 0.652. The Morgan fingerprint density at radius 2 is 1.55 bits per heavy atom. The fraction of sp³-hybridized carbons (Fsp3) is 1.00. The molecule has 68 valence electrons. The van der Waals surface area contributed by atoms with Gasteiger partial charge in [0.1, 0.15) is 0 Å². The first kappa shape index (κ1) is 11.0. The SMILES string of the molecule is CCC(CC)CC(O)C(C)C. The van der Waals surface area contributed by atoms with E-state index in [4.69, 9.17) is 0 Å². The van der Waals surface area contributed by atoms with Gasteiger partial charge in [0.05, 0.1) is 6.10 Å². The molecule has 0 aromatic carbocycles. The van der Waals surface area contributed by atoms with Crippen molar-refractivity contribution in [2.24, 2.45) is 11.8 Å². The smallest absolute Gasteiger partial charge is 0.0565 e. The molecule has 1 heteroatoms. The Bertz CT molecular complexity index is 84.9. The van der Waals surface area contributed by atoms with Crippen molar-refractivity contribution < 1.29 is 5.11 Å². The largest absolute Gasteiger partial charge is 0.393 e. The summed E-state index contributed by atoms with van der Waals surface area (Å²) in [6, 6.07) is 0. The molecule has 0 amide bonds. The van der Waals surface area contributed by atoms with E-state index in [-0.39, 0.29) is 6.10 Å². The van der Waals surface area contributed by atoms with Gasteiger partial charge >= 0.3 is 0 Å². The molecule has 1 N–H and O–H groups in total. The Morgan fingerprint density at radius 3 is 1.82 bits per heavy atom. The molecular weight excluding hydrogens is 136 g/mol. The van der Waals surface area contributed by atoms with Crippen LogP contribution in [0.5, 0.6) is 0 Å². The summed E-state index contributed by atoms with van der Waals surface area (Å²) >= 11 is 0. The fourth-order valence-corrected chi connectivity index (χ4v) is 1.24. The molecule has 0 saturated carbocycles. The Morgan fingerprint density at radius 1 is 1.09 bits per heavy atom. The van der Waals surface area contributed by atoms with Crippen LogP contribution in [0.3, 0.4) is 0 Å². The van der Waals surface area contributed by atoms with Gasteiger partial charge in [0.2, 0.25) is 0 Å². The summed E-state index contributed by atoms with van der Waals surface area (Å²) in [6.45, 7) is 8.54. The predicted molar refractivity (Wildman–Crippen MR) is 49.5 cm³/mol. The van der Waals surface area contributed by atoms with Crippen LogP contribution in [0.2, 0.25) is 0 Å². The molecule has 0 spiro atoms. The van der Waals surface area contributed by atoms with E-state index in [0.717, 1.165) is 6.42 Å². The molecule has 1 nitrogen and oxygen atoms in total. The molecule has 11 heavy (non-hydrogen) atoms. The highest BCUT2D eigenvalue weighted by Crippen LogP contribution is 2.18. The van der Waals surface area contributed by atoms with Crippen LogP contribution in [-0.4, -0.2) is 11.2 Å².